The number of hydrogen-bond acceptors (Lipinski definition) is 2. The van der Waals surface area contributed by atoms with Crippen molar-refractivity contribution in [3.63, 3.8) is 0 Å². The normalized spacial score (nSPS) is 26.7. The molecule has 116 valence electrons. The minimum atomic E-state index is 0.171. The van der Waals surface area contributed by atoms with Crippen LogP contribution in [0.3, 0.4) is 0 Å². The summed E-state index contributed by atoms with van der Waals surface area (Å²) < 4.78 is 6.21. The van der Waals surface area contributed by atoms with Crippen molar-refractivity contribution in [2.45, 2.75) is 69.9 Å². The van der Waals surface area contributed by atoms with Crippen LogP contribution >= 0.6 is 0 Å². The van der Waals surface area contributed by atoms with E-state index in [0.29, 0.717) is 5.92 Å². The van der Waals surface area contributed by atoms with E-state index in [1.165, 1.54) is 49.7 Å². The standard InChI is InChI=1S/C19H29NO/c1-15-7-3-4-8-16(15)13-18(20)17-9-12-21-19(14-17)10-5-2-6-11-19/h3-4,7-8,17-18H,2,5-6,9-14,20H2,1H3. The molecule has 1 aliphatic heterocycles. The fourth-order valence-electron chi connectivity index (χ4n) is 4.24. The molecular weight excluding hydrogens is 258 g/mol. The number of nitrogens with two attached hydrogens (primary N) is 1. The molecule has 1 aromatic rings. The van der Waals surface area contributed by atoms with Gasteiger partial charge in [0, 0.05) is 12.6 Å². The molecule has 2 atom stereocenters. The summed E-state index contributed by atoms with van der Waals surface area (Å²) in [6, 6.07) is 8.92. The van der Waals surface area contributed by atoms with E-state index >= 15 is 0 Å². The molecular formula is C19H29NO. The van der Waals surface area contributed by atoms with Gasteiger partial charge in [-0.3, -0.25) is 0 Å². The average Bonchev–Trinajstić information content (AvgIpc) is 2.50. The second-order valence-electron chi connectivity index (χ2n) is 7.14. The van der Waals surface area contributed by atoms with E-state index in [-0.39, 0.29) is 11.6 Å². The molecule has 0 bridgehead atoms. The van der Waals surface area contributed by atoms with Crippen molar-refractivity contribution >= 4 is 0 Å². The molecule has 1 saturated carbocycles. The van der Waals surface area contributed by atoms with Crippen molar-refractivity contribution in [2.75, 3.05) is 6.61 Å². The zero-order valence-corrected chi connectivity index (χ0v) is 13.3. The Kier molecular flexibility index (Phi) is 4.66. The Balaban J connectivity index is 1.64. The first-order valence-electron chi connectivity index (χ1n) is 8.63. The molecule has 2 N–H and O–H groups in total. The summed E-state index contributed by atoms with van der Waals surface area (Å²) in [5.74, 6) is 0.622. The third-order valence-electron chi connectivity index (χ3n) is 5.62. The molecule has 1 spiro atoms. The molecule has 21 heavy (non-hydrogen) atoms. The number of rotatable bonds is 3. The predicted molar refractivity (Wildman–Crippen MR) is 87.4 cm³/mol. The summed E-state index contributed by atoms with van der Waals surface area (Å²) in [5, 5.41) is 0. The van der Waals surface area contributed by atoms with Gasteiger partial charge >= 0.3 is 0 Å². The molecule has 2 heteroatoms. The SMILES string of the molecule is Cc1ccccc1CC(N)C1CCOC2(CCCCC2)C1. The van der Waals surface area contributed by atoms with Crippen LogP contribution in [0.25, 0.3) is 0 Å². The van der Waals surface area contributed by atoms with E-state index in [0.717, 1.165) is 19.4 Å². The van der Waals surface area contributed by atoms with Gasteiger partial charge in [-0.25, -0.2) is 0 Å². The molecule has 2 unspecified atom stereocenters. The van der Waals surface area contributed by atoms with Crippen molar-refractivity contribution in [2.24, 2.45) is 11.7 Å². The van der Waals surface area contributed by atoms with Crippen molar-refractivity contribution in [3.05, 3.63) is 35.4 Å². The van der Waals surface area contributed by atoms with Crippen molar-refractivity contribution in [1.29, 1.82) is 0 Å². The maximum Gasteiger partial charge on any atom is 0.0685 e. The Morgan fingerprint density at radius 1 is 1.24 bits per heavy atom. The van der Waals surface area contributed by atoms with Crippen molar-refractivity contribution in [1.82, 2.24) is 0 Å². The second kappa shape index (κ2) is 6.50. The van der Waals surface area contributed by atoms with Crippen LogP contribution in [0.15, 0.2) is 24.3 Å². The molecule has 2 aliphatic rings. The molecule has 1 aromatic carbocycles. The van der Waals surface area contributed by atoms with Crippen LogP contribution in [0.4, 0.5) is 0 Å². The fourth-order valence-corrected chi connectivity index (χ4v) is 4.24. The van der Waals surface area contributed by atoms with Gasteiger partial charge in [0.1, 0.15) is 0 Å². The van der Waals surface area contributed by atoms with Crippen LogP contribution in [0.2, 0.25) is 0 Å². The number of ether oxygens (including phenoxy) is 1. The van der Waals surface area contributed by atoms with Gasteiger partial charge in [-0.05, 0) is 56.1 Å². The van der Waals surface area contributed by atoms with E-state index in [9.17, 15) is 0 Å². The first-order valence-corrected chi connectivity index (χ1v) is 8.63. The molecule has 1 heterocycles. The van der Waals surface area contributed by atoms with Gasteiger partial charge in [0.15, 0.2) is 0 Å². The molecule has 1 aliphatic carbocycles. The molecule has 0 amide bonds. The van der Waals surface area contributed by atoms with E-state index < -0.39 is 0 Å². The summed E-state index contributed by atoms with van der Waals surface area (Å²) in [5.41, 5.74) is 9.53. The average molecular weight is 287 g/mol. The number of benzene rings is 1. The van der Waals surface area contributed by atoms with Gasteiger partial charge in [-0.15, -0.1) is 0 Å². The Labute approximate surface area is 129 Å². The predicted octanol–water partition coefficient (Wildman–Crippen LogP) is 3.99. The van der Waals surface area contributed by atoms with Gasteiger partial charge in [0.25, 0.3) is 0 Å². The highest BCUT2D eigenvalue weighted by Crippen LogP contribution is 2.41. The zero-order valence-electron chi connectivity index (χ0n) is 13.3. The summed E-state index contributed by atoms with van der Waals surface area (Å²) in [6.07, 6.45) is 9.87. The number of aryl methyl sites for hydroxylation is 1. The third kappa shape index (κ3) is 3.49. The number of hydrogen-bond donors (Lipinski definition) is 1. The van der Waals surface area contributed by atoms with Crippen LogP contribution < -0.4 is 5.73 Å². The van der Waals surface area contributed by atoms with Gasteiger partial charge in [-0.2, -0.15) is 0 Å². The molecule has 0 radical (unpaired) electrons. The Hall–Kier alpha value is -0.860. The molecule has 2 nitrogen and oxygen atoms in total. The monoisotopic (exact) mass is 287 g/mol. The van der Waals surface area contributed by atoms with Crippen LogP contribution in [-0.2, 0) is 11.2 Å². The minimum Gasteiger partial charge on any atom is -0.375 e. The van der Waals surface area contributed by atoms with Gasteiger partial charge in [0.05, 0.1) is 5.60 Å². The molecule has 0 aromatic heterocycles. The lowest BCUT2D eigenvalue weighted by molar-refractivity contribution is -0.120. The van der Waals surface area contributed by atoms with E-state index in [1.807, 2.05) is 0 Å². The van der Waals surface area contributed by atoms with Gasteiger partial charge < -0.3 is 10.5 Å². The lowest BCUT2D eigenvalue weighted by Crippen LogP contribution is -2.47. The summed E-state index contributed by atoms with van der Waals surface area (Å²) in [4.78, 5) is 0. The zero-order chi connectivity index (χ0) is 14.7. The summed E-state index contributed by atoms with van der Waals surface area (Å²) in [7, 11) is 0. The topological polar surface area (TPSA) is 35.2 Å². The summed E-state index contributed by atoms with van der Waals surface area (Å²) in [6.45, 7) is 3.10. The van der Waals surface area contributed by atoms with Gasteiger partial charge in [-0.1, -0.05) is 43.5 Å². The lowest BCUT2D eigenvalue weighted by atomic mass is 9.73. The fraction of sp³-hybridized carbons (Fsp3) is 0.684. The highest BCUT2D eigenvalue weighted by Gasteiger charge is 2.40. The Bertz CT molecular complexity index is 459. The minimum absolute atomic E-state index is 0.171. The van der Waals surface area contributed by atoms with Gasteiger partial charge in [0.2, 0.25) is 0 Å². The smallest absolute Gasteiger partial charge is 0.0685 e. The molecule has 1 saturated heterocycles. The third-order valence-corrected chi connectivity index (χ3v) is 5.62. The quantitative estimate of drug-likeness (QED) is 0.912. The van der Waals surface area contributed by atoms with Crippen LogP contribution in [-0.4, -0.2) is 18.2 Å². The first-order chi connectivity index (χ1) is 10.2. The molecule has 2 fully saturated rings. The summed E-state index contributed by atoms with van der Waals surface area (Å²) >= 11 is 0. The maximum absolute atomic E-state index is 6.58. The first kappa shape index (κ1) is 15.1. The highest BCUT2D eigenvalue weighted by molar-refractivity contribution is 5.26. The maximum atomic E-state index is 6.58. The van der Waals surface area contributed by atoms with Crippen molar-refractivity contribution in [3.8, 4) is 0 Å². The van der Waals surface area contributed by atoms with Crippen LogP contribution in [0.5, 0.6) is 0 Å². The highest BCUT2D eigenvalue weighted by atomic mass is 16.5. The van der Waals surface area contributed by atoms with Crippen molar-refractivity contribution < 1.29 is 4.74 Å². The second-order valence-corrected chi connectivity index (χ2v) is 7.14. The Morgan fingerprint density at radius 3 is 2.76 bits per heavy atom. The Morgan fingerprint density at radius 2 is 2.00 bits per heavy atom. The van der Waals surface area contributed by atoms with E-state index in [1.54, 1.807) is 0 Å². The molecule has 3 rings (SSSR count). The van der Waals surface area contributed by atoms with E-state index in [4.69, 9.17) is 10.5 Å². The van der Waals surface area contributed by atoms with E-state index in [2.05, 4.69) is 31.2 Å². The lowest BCUT2D eigenvalue weighted by Gasteiger charge is -2.45. The van der Waals surface area contributed by atoms with Crippen LogP contribution in [0.1, 0.15) is 56.1 Å². The largest absolute Gasteiger partial charge is 0.375 e. The van der Waals surface area contributed by atoms with Crippen LogP contribution in [0, 0.1) is 12.8 Å².